The molecule has 0 aromatic heterocycles. The van der Waals surface area contributed by atoms with Crippen molar-refractivity contribution < 1.29 is 19.0 Å². The van der Waals surface area contributed by atoms with Gasteiger partial charge in [0, 0.05) is 17.8 Å². The molecule has 222 valence electrons. The number of carbonyl (C=O) groups excluding carboxylic acids is 1. The van der Waals surface area contributed by atoms with Crippen molar-refractivity contribution in [1.82, 2.24) is 0 Å². The third-order valence-corrected chi connectivity index (χ3v) is 9.85. The zero-order chi connectivity index (χ0) is 29.9. The summed E-state index contributed by atoms with van der Waals surface area (Å²) in [5.74, 6) is 10.1. The van der Waals surface area contributed by atoms with E-state index in [4.69, 9.17) is 14.2 Å². The van der Waals surface area contributed by atoms with E-state index in [1.165, 1.54) is 11.1 Å². The second kappa shape index (κ2) is 12.7. The molecule has 0 bridgehead atoms. The molecule has 0 unspecified atom stereocenters. The van der Waals surface area contributed by atoms with Gasteiger partial charge in [-0.3, -0.25) is 4.79 Å². The minimum atomic E-state index is -1.44. The number of carbonyl (C=O) groups is 1. The summed E-state index contributed by atoms with van der Waals surface area (Å²) in [4.78, 5) is 13.6. The Balaban J connectivity index is 1.59. The number of hydrogen-bond donors (Lipinski definition) is 0. The van der Waals surface area contributed by atoms with Gasteiger partial charge in [0.2, 0.25) is 0 Å². The Morgan fingerprint density at radius 2 is 1.70 bits per heavy atom. The summed E-state index contributed by atoms with van der Waals surface area (Å²) >= 11 is 0. The van der Waals surface area contributed by atoms with Crippen molar-refractivity contribution in [3.8, 4) is 23.3 Å². The molecule has 0 radical (unpaired) electrons. The summed E-state index contributed by atoms with van der Waals surface area (Å²) in [6, 6.07) is 0. The van der Waals surface area contributed by atoms with Crippen molar-refractivity contribution in [3.05, 3.63) is 23.3 Å². The van der Waals surface area contributed by atoms with Gasteiger partial charge >= 0.3 is 0 Å². The number of allylic oxidation sites excluding steroid dienone is 4. The first-order chi connectivity index (χ1) is 18.5. The highest BCUT2D eigenvalue weighted by Gasteiger charge is 2.60. The Morgan fingerprint density at radius 1 is 1.02 bits per heavy atom. The van der Waals surface area contributed by atoms with Crippen molar-refractivity contribution in [1.29, 1.82) is 0 Å². The molecular formula is C35H54O4Si. The van der Waals surface area contributed by atoms with E-state index >= 15 is 0 Å². The molecule has 0 spiro atoms. The average molecular weight is 567 g/mol. The summed E-state index contributed by atoms with van der Waals surface area (Å²) in [5.41, 5.74) is 5.35. The standard InChI is InChI=1S/C35H54O4Si/c1-25(19-20-29-33(4,5)39-34(6,7)38-29)16-15-17-26(2)21-22-35(8)28(18-13-12-14-23-40(9,10)11)30-27(3)24-37-31(30)32(35)36/h16,21,27-31H,15,17-20,22,24H2,1-11H3/b25-16+,26-21+/t27-,28-,29-,30-,31-,35+/m1/s1. The van der Waals surface area contributed by atoms with E-state index in [0.29, 0.717) is 18.9 Å². The van der Waals surface area contributed by atoms with E-state index in [2.05, 4.69) is 96.6 Å². The highest BCUT2D eigenvalue weighted by atomic mass is 28.3. The third-order valence-electron chi connectivity index (χ3n) is 8.98. The van der Waals surface area contributed by atoms with Crippen LogP contribution < -0.4 is 0 Å². The lowest BCUT2D eigenvalue weighted by atomic mass is 9.70. The van der Waals surface area contributed by atoms with Crippen LogP contribution in [0.4, 0.5) is 0 Å². The Morgan fingerprint density at radius 3 is 2.33 bits per heavy atom. The zero-order valence-corrected chi connectivity index (χ0v) is 28.1. The Hall–Kier alpha value is -1.63. The molecule has 2 aliphatic heterocycles. The fourth-order valence-electron chi connectivity index (χ4n) is 6.71. The van der Waals surface area contributed by atoms with Gasteiger partial charge in [0.1, 0.15) is 14.2 Å². The first-order valence-corrected chi connectivity index (χ1v) is 18.8. The van der Waals surface area contributed by atoms with Gasteiger partial charge in [0.25, 0.3) is 0 Å². The maximum absolute atomic E-state index is 13.6. The van der Waals surface area contributed by atoms with Crippen LogP contribution in [-0.2, 0) is 19.0 Å². The molecular weight excluding hydrogens is 512 g/mol. The summed E-state index contributed by atoms with van der Waals surface area (Å²) in [7, 11) is -1.44. The lowest BCUT2D eigenvalue weighted by Gasteiger charge is -2.32. The Bertz CT molecular complexity index is 1120. The number of rotatable bonds is 9. The molecule has 0 aromatic carbocycles. The summed E-state index contributed by atoms with van der Waals surface area (Å²) < 4.78 is 18.2. The van der Waals surface area contributed by atoms with Gasteiger partial charge in [-0.25, -0.2) is 0 Å². The van der Waals surface area contributed by atoms with Gasteiger partial charge in [-0.1, -0.05) is 62.7 Å². The molecule has 0 aromatic rings. The number of hydrogen-bond acceptors (Lipinski definition) is 4. The van der Waals surface area contributed by atoms with Crippen molar-refractivity contribution in [3.63, 3.8) is 0 Å². The highest BCUT2D eigenvalue weighted by molar-refractivity contribution is 6.83. The quantitative estimate of drug-likeness (QED) is 0.162. The molecule has 6 atom stereocenters. The van der Waals surface area contributed by atoms with Crippen LogP contribution in [0.3, 0.4) is 0 Å². The van der Waals surface area contributed by atoms with Gasteiger partial charge < -0.3 is 14.2 Å². The minimum Gasteiger partial charge on any atom is -0.370 e. The topological polar surface area (TPSA) is 44.8 Å². The van der Waals surface area contributed by atoms with E-state index in [-0.39, 0.29) is 35.4 Å². The number of fused-ring (bicyclic) bond motifs is 1. The maximum atomic E-state index is 13.6. The van der Waals surface area contributed by atoms with Gasteiger partial charge in [0.15, 0.2) is 11.6 Å². The maximum Gasteiger partial charge on any atom is 0.168 e. The molecule has 40 heavy (non-hydrogen) atoms. The van der Waals surface area contributed by atoms with Gasteiger partial charge in [-0.2, -0.15) is 0 Å². The lowest BCUT2D eigenvalue weighted by molar-refractivity contribution is -0.157. The smallest absolute Gasteiger partial charge is 0.168 e. The van der Waals surface area contributed by atoms with Crippen molar-refractivity contribution >= 4 is 13.9 Å². The molecule has 3 fully saturated rings. The van der Waals surface area contributed by atoms with E-state index in [1.54, 1.807) is 0 Å². The van der Waals surface area contributed by atoms with Crippen molar-refractivity contribution in [2.24, 2.45) is 23.2 Å². The van der Waals surface area contributed by atoms with E-state index < -0.39 is 19.3 Å². The molecule has 1 aliphatic carbocycles. The number of ketones is 1. The van der Waals surface area contributed by atoms with Crippen LogP contribution in [0.25, 0.3) is 0 Å². The first kappa shape index (κ1) is 32.9. The second-order valence-corrected chi connectivity index (χ2v) is 19.5. The fraction of sp³-hybridized carbons (Fsp3) is 0.743. The SMILES string of the molecule is C/C(=C\C[C@]1(C)C(=O)[C@@H]2OC[C@@H](C)[C@@H]2[C@H]1CC#CC#C[Si](C)(C)C)CC/C=C(\C)CC[C@H]1OC(C)(C)OC1(C)C. The Labute approximate surface area is 246 Å². The molecule has 3 rings (SSSR count). The highest BCUT2D eigenvalue weighted by Crippen LogP contribution is 2.54. The normalized spacial score (nSPS) is 33.3. The number of Topliss-reactive ketones (excluding diaryl/α,β-unsaturated/α-hetero) is 1. The summed E-state index contributed by atoms with van der Waals surface area (Å²) in [6.45, 7) is 24.4. The minimum absolute atomic E-state index is 0.105. The molecule has 4 nitrogen and oxygen atoms in total. The summed E-state index contributed by atoms with van der Waals surface area (Å²) in [5, 5.41) is 0. The molecule has 1 saturated carbocycles. The zero-order valence-electron chi connectivity index (χ0n) is 27.1. The third kappa shape index (κ3) is 8.23. The fourth-order valence-corrected chi connectivity index (χ4v) is 7.15. The van der Waals surface area contributed by atoms with E-state index in [0.717, 1.165) is 32.1 Å². The van der Waals surface area contributed by atoms with Gasteiger partial charge in [-0.15, -0.1) is 5.54 Å². The van der Waals surface area contributed by atoms with E-state index in [9.17, 15) is 4.79 Å². The van der Waals surface area contributed by atoms with Crippen molar-refractivity contribution in [2.45, 2.75) is 137 Å². The lowest BCUT2D eigenvalue weighted by Crippen LogP contribution is -2.33. The largest absolute Gasteiger partial charge is 0.370 e. The molecule has 0 amide bonds. The van der Waals surface area contributed by atoms with Crippen LogP contribution >= 0.6 is 0 Å². The molecule has 2 heterocycles. The van der Waals surface area contributed by atoms with Crippen LogP contribution in [0.1, 0.15) is 93.9 Å². The molecule has 0 N–H and O–H groups in total. The van der Waals surface area contributed by atoms with Crippen LogP contribution in [0, 0.1) is 46.5 Å². The van der Waals surface area contributed by atoms with Crippen molar-refractivity contribution in [2.75, 3.05) is 6.61 Å². The Kier molecular flexibility index (Phi) is 10.4. The predicted molar refractivity (Wildman–Crippen MR) is 167 cm³/mol. The molecule has 5 heteroatoms. The second-order valence-electron chi connectivity index (χ2n) is 14.8. The first-order valence-electron chi connectivity index (χ1n) is 15.3. The number of ether oxygens (including phenoxy) is 3. The molecule has 2 saturated heterocycles. The van der Waals surface area contributed by atoms with Crippen LogP contribution in [0.2, 0.25) is 19.6 Å². The van der Waals surface area contributed by atoms with Crippen LogP contribution in [-0.4, -0.2) is 44.1 Å². The molecule has 3 aliphatic rings. The summed E-state index contributed by atoms with van der Waals surface area (Å²) in [6.07, 6.45) is 9.92. The predicted octanol–water partition coefficient (Wildman–Crippen LogP) is 7.89. The monoisotopic (exact) mass is 566 g/mol. The van der Waals surface area contributed by atoms with Crippen LogP contribution in [0.15, 0.2) is 23.3 Å². The van der Waals surface area contributed by atoms with Crippen LogP contribution in [0.5, 0.6) is 0 Å². The van der Waals surface area contributed by atoms with Gasteiger partial charge in [-0.05, 0) is 97.3 Å². The van der Waals surface area contributed by atoms with Gasteiger partial charge in [0.05, 0.1) is 18.3 Å². The van der Waals surface area contributed by atoms with E-state index in [1.807, 2.05) is 13.8 Å². The average Bonchev–Trinajstić information content (AvgIpc) is 3.38.